The molecule has 138 valence electrons. The molecule has 5 nitrogen and oxygen atoms in total. The van der Waals surface area contributed by atoms with Gasteiger partial charge in [-0.15, -0.1) is 11.3 Å². The standard InChI is InChI=1S/C21H20N2O3S/c1-12-5-8-17-15(10-12)19-16(20(24)23-17)11-18(27-19)21(25)22-13(2)6-7-14-4-3-9-26-14/h3-5,8-11,13H,6-7H2,1-2H3,(H,22,25)(H,23,24). The topological polar surface area (TPSA) is 75.1 Å². The van der Waals surface area contributed by atoms with Gasteiger partial charge in [0.15, 0.2) is 0 Å². The summed E-state index contributed by atoms with van der Waals surface area (Å²) in [6.07, 6.45) is 3.21. The molecule has 4 aromatic rings. The molecule has 0 bridgehead atoms. The van der Waals surface area contributed by atoms with Crippen LogP contribution in [0.15, 0.2) is 51.9 Å². The van der Waals surface area contributed by atoms with Gasteiger partial charge in [0.05, 0.1) is 16.5 Å². The maximum Gasteiger partial charge on any atom is 0.261 e. The maximum atomic E-state index is 12.7. The highest BCUT2D eigenvalue weighted by Gasteiger charge is 2.16. The molecule has 0 aliphatic heterocycles. The minimum atomic E-state index is -0.164. The Balaban J connectivity index is 1.58. The molecule has 1 aromatic carbocycles. The molecule has 2 N–H and O–H groups in total. The lowest BCUT2D eigenvalue weighted by molar-refractivity contribution is 0.0942. The second kappa shape index (κ2) is 7.04. The average Bonchev–Trinajstić information content (AvgIpc) is 3.31. The molecule has 27 heavy (non-hydrogen) atoms. The van der Waals surface area contributed by atoms with E-state index in [0.29, 0.717) is 10.3 Å². The van der Waals surface area contributed by atoms with Crippen molar-refractivity contribution in [2.45, 2.75) is 32.7 Å². The number of hydrogen-bond acceptors (Lipinski definition) is 4. The van der Waals surface area contributed by atoms with Crippen LogP contribution in [0.25, 0.3) is 21.0 Å². The van der Waals surface area contributed by atoms with Crippen molar-refractivity contribution < 1.29 is 9.21 Å². The largest absolute Gasteiger partial charge is 0.469 e. The Labute approximate surface area is 160 Å². The number of aromatic amines is 1. The van der Waals surface area contributed by atoms with Gasteiger partial charge in [0.1, 0.15) is 5.76 Å². The lowest BCUT2D eigenvalue weighted by atomic mass is 10.1. The fraction of sp³-hybridized carbons (Fsp3) is 0.238. The SMILES string of the molecule is Cc1ccc2[nH]c(=O)c3cc(C(=O)NC(C)CCc4ccco4)sc3c2c1. The summed E-state index contributed by atoms with van der Waals surface area (Å²) in [5, 5.41) is 4.55. The summed E-state index contributed by atoms with van der Waals surface area (Å²) in [7, 11) is 0. The van der Waals surface area contributed by atoms with Crippen LogP contribution in [0.3, 0.4) is 0 Å². The zero-order valence-electron chi connectivity index (χ0n) is 15.2. The second-order valence-corrected chi connectivity index (χ2v) is 7.90. The molecule has 0 fully saturated rings. The van der Waals surface area contributed by atoms with Gasteiger partial charge in [0.25, 0.3) is 11.5 Å². The molecule has 1 unspecified atom stereocenters. The van der Waals surface area contributed by atoms with Crippen LogP contribution in [0, 0.1) is 6.92 Å². The first-order chi connectivity index (χ1) is 13.0. The van der Waals surface area contributed by atoms with E-state index in [1.54, 1.807) is 12.3 Å². The number of fused-ring (bicyclic) bond motifs is 3. The smallest absolute Gasteiger partial charge is 0.261 e. The van der Waals surface area contributed by atoms with E-state index in [1.165, 1.54) is 11.3 Å². The van der Waals surface area contributed by atoms with Crippen molar-refractivity contribution >= 4 is 38.2 Å². The van der Waals surface area contributed by atoms with E-state index >= 15 is 0 Å². The van der Waals surface area contributed by atoms with Crippen LogP contribution in [0.5, 0.6) is 0 Å². The van der Waals surface area contributed by atoms with E-state index in [9.17, 15) is 9.59 Å². The number of benzene rings is 1. The quantitative estimate of drug-likeness (QED) is 0.539. The van der Waals surface area contributed by atoms with Crippen LogP contribution in [0.4, 0.5) is 0 Å². The maximum absolute atomic E-state index is 12.7. The molecule has 0 saturated heterocycles. The number of carbonyl (C=O) groups excluding carboxylic acids is 1. The summed E-state index contributed by atoms with van der Waals surface area (Å²) < 4.78 is 6.18. The molecular weight excluding hydrogens is 360 g/mol. The van der Waals surface area contributed by atoms with Gasteiger partial charge in [0, 0.05) is 28.1 Å². The number of aryl methyl sites for hydroxylation is 2. The van der Waals surface area contributed by atoms with Crippen molar-refractivity contribution in [3.63, 3.8) is 0 Å². The molecule has 0 saturated carbocycles. The molecule has 0 aliphatic rings. The third kappa shape index (κ3) is 3.53. The Bertz CT molecular complexity index is 1170. The highest BCUT2D eigenvalue weighted by molar-refractivity contribution is 7.21. The van der Waals surface area contributed by atoms with E-state index in [4.69, 9.17) is 4.42 Å². The fourth-order valence-electron chi connectivity index (χ4n) is 3.20. The minimum Gasteiger partial charge on any atom is -0.469 e. The number of pyridine rings is 1. The Morgan fingerprint density at radius 2 is 2.11 bits per heavy atom. The summed E-state index contributed by atoms with van der Waals surface area (Å²) in [5.74, 6) is 0.759. The Kier molecular flexibility index (Phi) is 4.58. The molecule has 0 aliphatic carbocycles. The molecule has 4 rings (SSSR count). The van der Waals surface area contributed by atoms with Crippen molar-refractivity contribution in [2.75, 3.05) is 0 Å². The van der Waals surface area contributed by atoms with Crippen LogP contribution < -0.4 is 10.9 Å². The minimum absolute atomic E-state index is 0.00471. The Morgan fingerprint density at radius 1 is 1.26 bits per heavy atom. The first-order valence-corrected chi connectivity index (χ1v) is 9.72. The third-order valence-electron chi connectivity index (χ3n) is 4.65. The van der Waals surface area contributed by atoms with Crippen molar-refractivity contribution in [3.05, 3.63) is 69.2 Å². The van der Waals surface area contributed by atoms with Gasteiger partial charge in [0.2, 0.25) is 0 Å². The average molecular weight is 380 g/mol. The molecule has 6 heteroatoms. The molecule has 1 amide bonds. The summed E-state index contributed by atoms with van der Waals surface area (Å²) >= 11 is 1.37. The van der Waals surface area contributed by atoms with E-state index in [2.05, 4.69) is 10.3 Å². The fourth-order valence-corrected chi connectivity index (χ4v) is 4.29. The van der Waals surface area contributed by atoms with Gasteiger partial charge < -0.3 is 14.7 Å². The van der Waals surface area contributed by atoms with Crippen LogP contribution in [0.2, 0.25) is 0 Å². The first kappa shape index (κ1) is 17.5. The zero-order chi connectivity index (χ0) is 19.0. The zero-order valence-corrected chi connectivity index (χ0v) is 16.0. The summed E-state index contributed by atoms with van der Waals surface area (Å²) in [5.41, 5.74) is 1.74. The highest BCUT2D eigenvalue weighted by atomic mass is 32.1. The molecule has 3 aromatic heterocycles. The van der Waals surface area contributed by atoms with Gasteiger partial charge in [-0.05, 0) is 50.6 Å². The lowest BCUT2D eigenvalue weighted by Crippen LogP contribution is -2.32. The first-order valence-electron chi connectivity index (χ1n) is 8.90. The number of carbonyl (C=O) groups is 1. The third-order valence-corrected chi connectivity index (χ3v) is 5.82. The van der Waals surface area contributed by atoms with Crippen LogP contribution in [-0.2, 0) is 6.42 Å². The lowest BCUT2D eigenvalue weighted by Gasteiger charge is -2.12. The van der Waals surface area contributed by atoms with E-state index in [0.717, 1.165) is 39.8 Å². The summed E-state index contributed by atoms with van der Waals surface area (Å²) in [6.45, 7) is 3.98. The Morgan fingerprint density at radius 3 is 2.89 bits per heavy atom. The number of nitrogens with one attached hydrogen (secondary N) is 2. The molecule has 3 heterocycles. The van der Waals surface area contributed by atoms with Crippen molar-refractivity contribution in [3.8, 4) is 0 Å². The van der Waals surface area contributed by atoms with Gasteiger partial charge in [-0.3, -0.25) is 9.59 Å². The second-order valence-electron chi connectivity index (χ2n) is 6.85. The molecule has 1 atom stereocenters. The number of furan rings is 1. The number of thiophene rings is 1. The Hall–Kier alpha value is -2.86. The number of amides is 1. The predicted molar refractivity (Wildman–Crippen MR) is 109 cm³/mol. The van der Waals surface area contributed by atoms with E-state index < -0.39 is 0 Å². The van der Waals surface area contributed by atoms with Crippen molar-refractivity contribution in [2.24, 2.45) is 0 Å². The van der Waals surface area contributed by atoms with Crippen LogP contribution in [0.1, 0.15) is 34.3 Å². The predicted octanol–water partition coefficient (Wildman–Crippen LogP) is 4.40. The van der Waals surface area contributed by atoms with Gasteiger partial charge in [-0.1, -0.05) is 11.6 Å². The van der Waals surface area contributed by atoms with Crippen LogP contribution in [-0.4, -0.2) is 16.9 Å². The van der Waals surface area contributed by atoms with Gasteiger partial charge in [-0.25, -0.2) is 0 Å². The van der Waals surface area contributed by atoms with Gasteiger partial charge in [-0.2, -0.15) is 0 Å². The molecule has 0 spiro atoms. The normalized spacial score (nSPS) is 12.5. The van der Waals surface area contributed by atoms with E-state index in [-0.39, 0.29) is 17.5 Å². The monoisotopic (exact) mass is 380 g/mol. The van der Waals surface area contributed by atoms with E-state index in [1.807, 2.05) is 44.2 Å². The molecular formula is C21H20N2O3S. The highest BCUT2D eigenvalue weighted by Crippen LogP contribution is 2.30. The number of hydrogen-bond donors (Lipinski definition) is 2. The van der Waals surface area contributed by atoms with Crippen LogP contribution >= 0.6 is 11.3 Å². The van der Waals surface area contributed by atoms with Crippen molar-refractivity contribution in [1.82, 2.24) is 10.3 Å². The number of rotatable bonds is 5. The molecule has 0 radical (unpaired) electrons. The number of aromatic nitrogens is 1. The summed E-state index contributed by atoms with van der Waals surface area (Å²) in [6, 6.07) is 11.4. The number of H-pyrrole nitrogens is 1. The van der Waals surface area contributed by atoms with Gasteiger partial charge >= 0.3 is 0 Å². The summed E-state index contributed by atoms with van der Waals surface area (Å²) in [4.78, 5) is 28.5. The van der Waals surface area contributed by atoms with Crippen molar-refractivity contribution in [1.29, 1.82) is 0 Å².